The lowest BCUT2D eigenvalue weighted by molar-refractivity contribution is -0.141. The molecule has 0 bridgehead atoms. The Bertz CT molecular complexity index is 543. The maximum absolute atomic E-state index is 12.9. The fourth-order valence-electron chi connectivity index (χ4n) is 1.76. The molecule has 2 rings (SSSR count). The number of hydrogen-bond donors (Lipinski definition) is 2. The molecule has 1 aromatic rings. The Balaban J connectivity index is 1.99. The van der Waals surface area contributed by atoms with Gasteiger partial charge in [-0.15, -0.1) is 0 Å². The first-order valence-corrected chi connectivity index (χ1v) is 5.65. The van der Waals surface area contributed by atoms with Gasteiger partial charge < -0.3 is 11.1 Å². The maximum atomic E-state index is 12.9. The molecule has 3 N–H and O–H groups in total. The Labute approximate surface area is 108 Å². The summed E-state index contributed by atoms with van der Waals surface area (Å²) in [6.07, 6.45) is 0.269. The van der Waals surface area contributed by atoms with E-state index in [0.717, 1.165) is 11.0 Å². The van der Waals surface area contributed by atoms with Crippen LogP contribution in [0.1, 0.15) is 12.8 Å². The minimum absolute atomic E-state index is 0.0916. The molecule has 1 saturated heterocycles. The highest BCUT2D eigenvalue weighted by molar-refractivity contribution is 6.06. The molecule has 0 radical (unpaired) electrons. The van der Waals surface area contributed by atoms with Crippen molar-refractivity contribution in [2.24, 2.45) is 0 Å². The number of imide groups is 1. The van der Waals surface area contributed by atoms with E-state index in [9.17, 15) is 18.8 Å². The first kappa shape index (κ1) is 13.0. The SMILES string of the molecule is Nc1cc(NC(=O)CN2C(=O)CCC2=O)ccc1F. The lowest BCUT2D eigenvalue weighted by atomic mass is 10.2. The number of nitrogens with two attached hydrogens (primary N) is 1. The molecule has 19 heavy (non-hydrogen) atoms. The summed E-state index contributed by atoms with van der Waals surface area (Å²) in [5, 5.41) is 2.45. The predicted octanol–water partition coefficient (Wildman–Crippen LogP) is 0.495. The zero-order valence-corrected chi connectivity index (χ0v) is 9.98. The van der Waals surface area contributed by atoms with Crippen LogP contribution in [0.2, 0.25) is 0 Å². The molecular weight excluding hydrogens is 253 g/mol. The number of hydrogen-bond acceptors (Lipinski definition) is 4. The Morgan fingerprint density at radius 3 is 2.53 bits per heavy atom. The van der Waals surface area contributed by atoms with Gasteiger partial charge in [0.1, 0.15) is 12.4 Å². The van der Waals surface area contributed by atoms with Crippen molar-refractivity contribution in [3.8, 4) is 0 Å². The number of halogens is 1. The number of nitrogen functional groups attached to an aromatic ring is 1. The molecule has 1 aliphatic heterocycles. The molecule has 0 saturated carbocycles. The fourth-order valence-corrected chi connectivity index (χ4v) is 1.76. The highest BCUT2D eigenvalue weighted by Crippen LogP contribution is 2.17. The van der Waals surface area contributed by atoms with Crippen LogP contribution in [0.5, 0.6) is 0 Å². The van der Waals surface area contributed by atoms with Gasteiger partial charge in [0.15, 0.2) is 0 Å². The van der Waals surface area contributed by atoms with Crippen LogP contribution in [0.3, 0.4) is 0 Å². The minimum atomic E-state index is -0.581. The number of rotatable bonds is 3. The highest BCUT2D eigenvalue weighted by atomic mass is 19.1. The monoisotopic (exact) mass is 265 g/mol. The minimum Gasteiger partial charge on any atom is -0.396 e. The summed E-state index contributed by atoms with van der Waals surface area (Å²) in [7, 11) is 0. The lowest BCUT2D eigenvalue weighted by Gasteiger charge is -2.13. The molecule has 0 unspecified atom stereocenters. The number of nitrogens with zero attached hydrogens (tertiary/aromatic N) is 1. The maximum Gasteiger partial charge on any atom is 0.244 e. The van der Waals surface area contributed by atoms with E-state index in [1.165, 1.54) is 12.1 Å². The second kappa shape index (κ2) is 5.05. The Hall–Kier alpha value is -2.44. The van der Waals surface area contributed by atoms with Gasteiger partial charge in [-0.3, -0.25) is 19.3 Å². The third kappa shape index (κ3) is 2.87. The van der Waals surface area contributed by atoms with Gasteiger partial charge in [0.2, 0.25) is 17.7 Å². The van der Waals surface area contributed by atoms with Gasteiger partial charge in [0.25, 0.3) is 0 Å². The molecule has 100 valence electrons. The summed E-state index contributed by atoms with van der Waals surface area (Å²) in [5.74, 6) is -1.84. The predicted molar refractivity (Wildman–Crippen MR) is 65.4 cm³/mol. The molecule has 3 amide bonds. The summed E-state index contributed by atoms with van der Waals surface area (Å²) in [5.41, 5.74) is 5.58. The van der Waals surface area contributed by atoms with Crippen molar-refractivity contribution in [3.05, 3.63) is 24.0 Å². The van der Waals surface area contributed by atoms with Crippen molar-refractivity contribution < 1.29 is 18.8 Å². The highest BCUT2D eigenvalue weighted by Gasteiger charge is 2.30. The zero-order valence-electron chi connectivity index (χ0n) is 9.98. The summed E-state index contributed by atoms with van der Waals surface area (Å²) >= 11 is 0. The van der Waals surface area contributed by atoms with E-state index in [1.807, 2.05) is 0 Å². The Kier molecular flexibility index (Phi) is 3.46. The van der Waals surface area contributed by atoms with Crippen LogP contribution in [0.25, 0.3) is 0 Å². The van der Waals surface area contributed by atoms with Gasteiger partial charge in [0.05, 0.1) is 5.69 Å². The third-order valence-electron chi connectivity index (χ3n) is 2.74. The first-order valence-electron chi connectivity index (χ1n) is 5.65. The van der Waals surface area contributed by atoms with Crippen LogP contribution >= 0.6 is 0 Å². The zero-order chi connectivity index (χ0) is 14.0. The summed E-state index contributed by atoms with van der Waals surface area (Å²) in [4.78, 5) is 35.2. The van der Waals surface area contributed by atoms with Crippen molar-refractivity contribution >= 4 is 29.1 Å². The molecule has 1 aromatic carbocycles. The van der Waals surface area contributed by atoms with Crippen molar-refractivity contribution in [3.63, 3.8) is 0 Å². The van der Waals surface area contributed by atoms with Crippen molar-refractivity contribution in [1.29, 1.82) is 0 Å². The number of carbonyl (C=O) groups excluding carboxylic acids is 3. The number of benzene rings is 1. The smallest absolute Gasteiger partial charge is 0.244 e. The molecular formula is C12H12FN3O3. The summed E-state index contributed by atoms with van der Waals surface area (Å²) < 4.78 is 12.9. The first-order chi connectivity index (χ1) is 8.97. The number of nitrogens with one attached hydrogen (secondary N) is 1. The van der Waals surface area contributed by atoms with Crippen LogP contribution in [0.15, 0.2) is 18.2 Å². The van der Waals surface area contributed by atoms with E-state index >= 15 is 0 Å². The quantitative estimate of drug-likeness (QED) is 0.614. The molecule has 0 atom stereocenters. The van der Waals surface area contributed by atoms with Crippen LogP contribution in [0, 0.1) is 5.82 Å². The molecule has 0 aliphatic carbocycles. The molecule has 6 nitrogen and oxygen atoms in total. The van der Waals surface area contributed by atoms with Gasteiger partial charge in [-0.05, 0) is 18.2 Å². The van der Waals surface area contributed by atoms with Gasteiger partial charge >= 0.3 is 0 Å². The van der Waals surface area contributed by atoms with Crippen molar-refractivity contribution in [2.45, 2.75) is 12.8 Å². The summed E-state index contributed by atoms with van der Waals surface area (Å²) in [6, 6.07) is 3.73. The van der Waals surface area contributed by atoms with Gasteiger partial charge in [-0.1, -0.05) is 0 Å². The van der Waals surface area contributed by atoms with Crippen molar-refractivity contribution in [1.82, 2.24) is 4.90 Å². The van der Waals surface area contributed by atoms with Gasteiger partial charge in [-0.2, -0.15) is 0 Å². The second-order valence-corrected chi connectivity index (χ2v) is 4.16. The van der Waals surface area contributed by atoms with E-state index < -0.39 is 11.7 Å². The van der Waals surface area contributed by atoms with Crippen LogP contribution < -0.4 is 11.1 Å². The third-order valence-corrected chi connectivity index (χ3v) is 2.74. The van der Waals surface area contributed by atoms with E-state index in [2.05, 4.69) is 5.32 Å². The van der Waals surface area contributed by atoms with Crippen LogP contribution in [-0.4, -0.2) is 29.2 Å². The van der Waals surface area contributed by atoms with E-state index in [-0.39, 0.29) is 36.9 Å². The van der Waals surface area contributed by atoms with Gasteiger partial charge in [0, 0.05) is 18.5 Å². The second-order valence-electron chi connectivity index (χ2n) is 4.16. The average Bonchev–Trinajstić information content (AvgIpc) is 2.66. The normalized spacial score (nSPS) is 14.9. The van der Waals surface area contributed by atoms with Crippen LogP contribution in [-0.2, 0) is 14.4 Å². The molecule has 0 spiro atoms. The lowest BCUT2D eigenvalue weighted by Crippen LogP contribution is -2.36. The van der Waals surface area contributed by atoms with E-state index in [4.69, 9.17) is 5.73 Å². The summed E-state index contributed by atoms with van der Waals surface area (Å²) in [6.45, 7) is -0.338. The standard InChI is InChI=1S/C12H12FN3O3/c13-8-2-1-7(5-9(8)14)15-10(17)6-16-11(18)3-4-12(16)19/h1-2,5H,3-4,6,14H2,(H,15,17). The molecule has 1 aliphatic rings. The number of anilines is 2. The van der Waals surface area contributed by atoms with Crippen molar-refractivity contribution in [2.75, 3.05) is 17.6 Å². The Morgan fingerprint density at radius 1 is 1.32 bits per heavy atom. The topological polar surface area (TPSA) is 92.5 Å². The number of likely N-dealkylation sites (tertiary alicyclic amines) is 1. The average molecular weight is 265 g/mol. The number of carbonyl (C=O) groups is 3. The molecule has 0 aromatic heterocycles. The van der Waals surface area contributed by atoms with Crippen LogP contribution in [0.4, 0.5) is 15.8 Å². The Morgan fingerprint density at radius 2 is 1.95 bits per heavy atom. The molecule has 7 heteroatoms. The van der Waals surface area contributed by atoms with E-state index in [1.54, 1.807) is 0 Å². The fraction of sp³-hybridized carbons (Fsp3) is 0.250. The molecule has 1 heterocycles. The number of amides is 3. The molecule has 1 fully saturated rings. The van der Waals surface area contributed by atoms with Gasteiger partial charge in [-0.25, -0.2) is 4.39 Å². The van der Waals surface area contributed by atoms with E-state index in [0.29, 0.717) is 5.69 Å². The largest absolute Gasteiger partial charge is 0.396 e.